The second kappa shape index (κ2) is 6.59. The average Bonchev–Trinajstić information content (AvgIpc) is 3.07. The smallest absolute Gasteiger partial charge is 0.223 e. The van der Waals surface area contributed by atoms with Gasteiger partial charge < -0.3 is 14.1 Å². The van der Waals surface area contributed by atoms with E-state index in [1.807, 2.05) is 47.4 Å². The summed E-state index contributed by atoms with van der Waals surface area (Å²) in [5.74, 6) is 1.02. The number of amides is 1. The van der Waals surface area contributed by atoms with Crippen LogP contribution >= 0.6 is 0 Å². The van der Waals surface area contributed by atoms with Gasteiger partial charge in [0.1, 0.15) is 11.9 Å². The molecule has 0 bridgehead atoms. The molecule has 0 spiro atoms. The number of nitrogens with zero attached hydrogens (tertiary/aromatic N) is 1. The summed E-state index contributed by atoms with van der Waals surface area (Å²) in [7, 11) is 0. The molecule has 1 aliphatic rings. The largest absolute Gasteiger partial charge is 0.469 e. The Labute approximate surface area is 124 Å². The molecule has 110 valence electrons. The van der Waals surface area contributed by atoms with Crippen LogP contribution in [0, 0.1) is 0 Å². The van der Waals surface area contributed by atoms with Crippen molar-refractivity contribution in [3.05, 3.63) is 60.1 Å². The van der Waals surface area contributed by atoms with Gasteiger partial charge in [0.15, 0.2) is 0 Å². The topological polar surface area (TPSA) is 42.7 Å². The molecule has 0 saturated carbocycles. The molecule has 2 aromatic rings. The van der Waals surface area contributed by atoms with Gasteiger partial charge in [-0.3, -0.25) is 4.79 Å². The maximum atomic E-state index is 12.3. The Kier molecular flexibility index (Phi) is 4.36. The molecule has 1 fully saturated rings. The summed E-state index contributed by atoms with van der Waals surface area (Å²) in [6.45, 7) is 1.88. The van der Waals surface area contributed by atoms with Crippen molar-refractivity contribution in [2.45, 2.75) is 18.9 Å². The molecule has 2 heterocycles. The molecule has 1 atom stereocenters. The van der Waals surface area contributed by atoms with Gasteiger partial charge in [-0.05, 0) is 17.7 Å². The Morgan fingerprint density at radius 1 is 1.19 bits per heavy atom. The van der Waals surface area contributed by atoms with Gasteiger partial charge >= 0.3 is 0 Å². The van der Waals surface area contributed by atoms with E-state index in [4.69, 9.17) is 9.15 Å². The zero-order chi connectivity index (χ0) is 14.5. The highest BCUT2D eigenvalue weighted by molar-refractivity contribution is 5.76. The molecular weight excluding hydrogens is 266 g/mol. The Hall–Kier alpha value is -2.07. The van der Waals surface area contributed by atoms with E-state index < -0.39 is 0 Å². The molecule has 0 aliphatic carbocycles. The van der Waals surface area contributed by atoms with Gasteiger partial charge in [0.25, 0.3) is 0 Å². The molecule has 0 N–H and O–H groups in total. The van der Waals surface area contributed by atoms with Gasteiger partial charge in [0.2, 0.25) is 5.91 Å². The molecular formula is C17H19NO3. The van der Waals surface area contributed by atoms with E-state index in [1.54, 1.807) is 6.26 Å². The van der Waals surface area contributed by atoms with Gasteiger partial charge in [-0.25, -0.2) is 0 Å². The second-order valence-corrected chi connectivity index (χ2v) is 5.19. The van der Waals surface area contributed by atoms with Gasteiger partial charge in [-0.1, -0.05) is 30.3 Å². The summed E-state index contributed by atoms with van der Waals surface area (Å²) in [5, 5.41) is 0. The average molecular weight is 285 g/mol. The van der Waals surface area contributed by atoms with E-state index in [0.717, 1.165) is 11.3 Å². The summed E-state index contributed by atoms with van der Waals surface area (Å²) in [6, 6.07) is 13.8. The minimum Gasteiger partial charge on any atom is -0.469 e. The molecule has 4 heteroatoms. The van der Waals surface area contributed by atoms with E-state index >= 15 is 0 Å². The minimum absolute atomic E-state index is 0.0208. The summed E-state index contributed by atoms with van der Waals surface area (Å²) < 4.78 is 11.0. The molecule has 1 aromatic heterocycles. The number of benzene rings is 1. The highest BCUT2D eigenvalue weighted by atomic mass is 16.5. The van der Waals surface area contributed by atoms with Crippen LogP contribution in [0.3, 0.4) is 0 Å². The van der Waals surface area contributed by atoms with Crippen molar-refractivity contribution in [2.24, 2.45) is 0 Å². The standard InChI is InChI=1S/C17H19NO3/c19-17(9-8-15-7-4-11-20-15)18-10-12-21-16(13-18)14-5-2-1-3-6-14/h1-7,11,16H,8-10,12-13H2. The van der Waals surface area contributed by atoms with E-state index in [1.165, 1.54) is 0 Å². The maximum Gasteiger partial charge on any atom is 0.223 e. The van der Waals surface area contributed by atoms with Crippen LogP contribution in [0.1, 0.15) is 23.8 Å². The van der Waals surface area contributed by atoms with Crippen molar-refractivity contribution in [1.29, 1.82) is 0 Å². The van der Waals surface area contributed by atoms with Crippen LogP contribution in [0.15, 0.2) is 53.1 Å². The van der Waals surface area contributed by atoms with E-state index in [2.05, 4.69) is 0 Å². The SMILES string of the molecule is O=C(CCc1ccco1)N1CCOC(c2ccccc2)C1. The molecule has 0 radical (unpaired) electrons. The van der Waals surface area contributed by atoms with Crippen LogP contribution < -0.4 is 0 Å². The Morgan fingerprint density at radius 3 is 2.81 bits per heavy atom. The van der Waals surface area contributed by atoms with Gasteiger partial charge in [-0.15, -0.1) is 0 Å². The van der Waals surface area contributed by atoms with Crippen LogP contribution in [0.25, 0.3) is 0 Å². The van der Waals surface area contributed by atoms with Crippen LogP contribution in [-0.4, -0.2) is 30.5 Å². The first-order chi connectivity index (χ1) is 10.3. The Balaban J connectivity index is 1.56. The molecule has 1 unspecified atom stereocenters. The third kappa shape index (κ3) is 3.52. The number of hydrogen-bond donors (Lipinski definition) is 0. The lowest BCUT2D eigenvalue weighted by atomic mass is 10.1. The van der Waals surface area contributed by atoms with Gasteiger partial charge in [0, 0.05) is 19.4 Å². The fraction of sp³-hybridized carbons (Fsp3) is 0.353. The van der Waals surface area contributed by atoms with Gasteiger partial charge in [0.05, 0.1) is 19.4 Å². The number of morpholine rings is 1. The van der Waals surface area contributed by atoms with Crippen molar-refractivity contribution in [1.82, 2.24) is 4.90 Å². The zero-order valence-corrected chi connectivity index (χ0v) is 11.9. The predicted octanol–water partition coefficient (Wildman–Crippen LogP) is 2.81. The van der Waals surface area contributed by atoms with E-state index in [0.29, 0.717) is 32.5 Å². The summed E-state index contributed by atoms with van der Waals surface area (Å²) >= 11 is 0. The number of furan rings is 1. The second-order valence-electron chi connectivity index (χ2n) is 5.19. The fourth-order valence-electron chi connectivity index (χ4n) is 2.59. The van der Waals surface area contributed by atoms with Gasteiger partial charge in [-0.2, -0.15) is 0 Å². The maximum absolute atomic E-state index is 12.3. The molecule has 1 amide bonds. The third-order valence-electron chi connectivity index (χ3n) is 3.76. The number of aryl methyl sites for hydroxylation is 1. The van der Waals surface area contributed by atoms with E-state index in [-0.39, 0.29) is 12.0 Å². The van der Waals surface area contributed by atoms with Crippen molar-refractivity contribution in [2.75, 3.05) is 19.7 Å². The van der Waals surface area contributed by atoms with Crippen LogP contribution in [0.4, 0.5) is 0 Å². The quantitative estimate of drug-likeness (QED) is 0.867. The number of hydrogen-bond acceptors (Lipinski definition) is 3. The van der Waals surface area contributed by atoms with E-state index in [9.17, 15) is 4.79 Å². The normalized spacial score (nSPS) is 18.7. The molecule has 1 aliphatic heterocycles. The first kappa shape index (κ1) is 13.9. The van der Waals surface area contributed by atoms with Crippen molar-refractivity contribution in [3.63, 3.8) is 0 Å². The monoisotopic (exact) mass is 285 g/mol. The highest BCUT2D eigenvalue weighted by Gasteiger charge is 2.25. The van der Waals surface area contributed by atoms with Crippen LogP contribution in [-0.2, 0) is 16.0 Å². The molecule has 3 rings (SSSR count). The first-order valence-corrected chi connectivity index (χ1v) is 7.29. The lowest BCUT2D eigenvalue weighted by molar-refractivity contribution is -0.139. The lowest BCUT2D eigenvalue weighted by Gasteiger charge is -2.33. The number of carbonyl (C=O) groups is 1. The van der Waals surface area contributed by atoms with Crippen LogP contribution in [0.5, 0.6) is 0 Å². The number of rotatable bonds is 4. The summed E-state index contributed by atoms with van der Waals surface area (Å²) in [6.07, 6.45) is 2.75. The fourth-order valence-corrected chi connectivity index (χ4v) is 2.59. The predicted molar refractivity (Wildman–Crippen MR) is 78.7 cm³/mol. The summed E-state index contributed by atoms with van der Waals surface area (Å²) in [5.41, 5.74) is 1.13. The molecule has 21 heavy (non-hydrogen) atoms. The molecule has 1 saturated heterocycles. The molecule has 1 aromatic carbocycles. The summed E-state index contributed by atoms with van der Waals surface area (Å²) in [4.78, 5) is 14.2. The van der Waals surface area contributed by atoms with Crippen molar-refractivity contribution in [3.8, 4) is 0 Å². The Morgan fingerprint density at radius 2 is 2.05 bits per heavy atom. The number of carbonyl (C=O) groups excluding carboxylic acids is 1. The number of ether oxygens (including phenoxy) is 1. The van der Waals surface area contributed by atoms with Crippen LogP contribution in [0.2, 0.25) is 0 Å². The molecule has 4 nitrogen and oxygen atoms in total. The third-order valence-corrected chi connectivity index (χ3v) is 3.76. The zero-order valence-electron chi connectivity index (χ0n) is 11.9. The van der Waals surface area contributed by atoms with Crippen molar-refractivity contribution >= 4 is 5.91 Å². The minimum atomic E-state index is -0.0208. The first-order valence-electron chi connectivity index (χ1n) is 7.29. The van der Waals surface area contributed by atoms with Crippen molar-refractivity contribution < 1.29 is 13.9 Å². The Bertz CT molecular complexity index is 565. The highest BCUT2D eigenvalue weighted by Crippen LogP contribution is 2.22. The lowest BCUT2D eigenvalue weighted by Crippen LogP contribution is -2.42.